The first-order valence-electron chi connectivity index (χ1n) is 6.29. The minimum atomic E-state index is -0.841. The predicted molar refractivity (Wildman–Crippen MR) is 79.3 cm³/mol. The Balaban J connectivity index is 2.08. The molecule has 0 saturated heterocycles. The van der Waals surface area contributed by atoms with Crippen molar-refractivity contribution in [2.75, 3.05) is 0 Å². The van der Waals surface area contributed by atoms with Crippen molar-refractivity contribution in [3.8, 4) is 6.07 Å². The zero-order valence-electron chi connectivity index (χ0n) is 11.6. The number of benzene rings is 2. The molecule has 0 heterocycles. The predicted octanol–water partition coefficient (Wildman–Crippen LogP) is 2.37. The third-order valence-electron chi connectivity index (χ3n) is 2.80. The van der Waals surface area contributed by atoms with Gasteiger partial charge in [0.1, 0.15) is 5.82 Å². The zero-order valence-corrected chi connectivity index (χ0v) is 11.6. The maximum Gasteiger partial charge on any atom is 0.274 e. The average Bonchev–Trinajstić information content (AvgIpc) is 2.54. The number of carbonyl (C=O) groups is 1. The monoisotopic (exact) mass is 312 g/mol. The number of halogens is 1. The number of non-ortho nitro benzene ring substituents is 1. The Hall–Kier alpha value is -3.60. The van der Waals surface area contributed by atoms with Crippen LogP contribution in [0.2, 0.25) is 0 Å². The molecule has 0 atom stereocenters. The van der Waals surface area contributed by atoms with Crippen LogP contribution < -0.4 is 5.43 Å². The topological polar surface area (TPSA) is 108 Å². The van der Waals surface area contributed by atoms with Crippen molar-refractivity contribution in [1.82, 2.24) is 5.43 Å². The van der Waals surface area contributed by atoms with Crippen molar-refractivity contribution >= 4 is 17.8 Å². The molecule has 2 aromatic carbocycles. The van der Waals surface area contributed by atoms with Gasteiger partial charge in [-0.1, -0.05) is 12.1 Å². The van der Waals surface area contributed by atoms with Crippen molar-refractivity contribution in [2.45, 2.75) is 0 Å². The smallest absolute Gasteiger partial charge is 0.267 e. The van der Waals surface area contributed by atoms with Crippen LogP contribution in [0.3, 0.4) is 0 Å². The molecular weight excluding hydrogens is 303 g/mol. The second-order valence-electron chi connectivity index (χ2n) is 4.36. The van der Waals surface area contributed by atoms with E-state index in [1.807, 2.05) is 0 Å². The van der Waals surface area contributed by atoms with Gasteiger partial charge in [0.2, 0.25) is 0 Å². The molecule has 1 N–H and O–H groups in total. The van der Waals surface area contributed by atoms with Crippen molar-refractivity contribution < 1.29 is 14.1 Å². The van der Waals surface area contributed by atoms with Crippen LogP contribution in [0.4, 0.5) is 10.1 Å². The lowest BCUT2D eigenvalue weighted by atomic mass is 10.1. The summed E-state index contributed by atoms with van der Waals surface area (Å²) in [5.74, 6) is -1.64. The fraction of sp³-hybridized carbons (Fsp3) is 0. The summed E-state index contributed by atoms with van der Waals surface area (Å²) in [5.41, 5.74) is 2.23. The summed E-state index contributed by atoms with van der Waals surface area (Å²) < 4.78 is 13.6. The van der Waals surface area contributed by atoms with E-state index < -0.39 is 16.6 Å². The second kappa shape index (κ2) is 6.91. The van der Waals surface area contributed by atoms with Gasteiger partial charge in [-0.05, 0) is 18.2 Å². The van der Waals surface area contributed by atoms with Crippen molar-refractivity contribution in [3.05, 3.63) is 75.1 Å². The standard InChI is InChI=1S/C15H9FN4O3/c16-14-7-10(8-17)4-5-13(14)15(21)19-18-9-11-2-1-3-12(6-11)20(22)23/h1-7,9H,(H,19,21)/b18-9-. The van der Waals surface area contributed by atoms with E-state index in [1.165, 1.54) is 36.5 Å². The largest absolute Gasteiger partial charge is 0.274 e. The van der Waals surface area contributed by atoms with Crippen LogP contribution in [0.5, 0.6) is 0 Å². The Morgan fingerprint density at radius 3 is 2.78 bits per heavy atom. The quantitative estimate of drug-likeness (QED) is 0.531. The van der Waals surface area contributed by atoms with E-state index in [1.54, 1.807) is 12.1 Å². The maximum atomic E-state index is 13.6. The number of nitro benzene ring substituents is 1. The van der Waals surface area contributed by atoms with Crippen LogP contribution in [-0.2, 0) is 0 Å². The van der Waals surface area contributed by atoms with Gasteiger partial charge in [-0.2, -0.15) is 10.4 Å². The van der Waals surface area contributed by atoms with E-state index >= 15 is 0 Å². The lowest BCUT2D eigenvalue weighted by Crippen LogP contribution is -2.19. The number of hydrogen-bond acceptors (Lipinski definition) is 5. The van der Waals surface area contributed by atoms with Gasteiger partial charge < -0.3 is 0 Å². The molecule has 0 radical (unpaired) electrons. The highest BCUT2D eigenvalue weighted by Gasteiger charge is 2.11. The van der Waals surface area contributed by atoms with Gasteiger partial charge in [0.25, 0.3) is 11.6 Å². The second-order valence-corrected chi connectivity index (χ2v) is 4.36. The minimum Gasteiger partial charge on any atom is -0.267 e. The van der Waals surface area contributed by atoms with E-state index in [0.29, 0.717) is 5.56 Å². The molecule has 8 heteroatoms. The summed E-state index contributed by atoms with van der Waals surface area (Å²) in [4.78, 5) is 21.9. The first kappa shape index (κ1) is 15.8. The number of rotatable bonds is 4. The molecule has 0 bridgehead atoms. The van der Waals surface area contributed by atoms with E-state index in [0.717, 1.165) is 6.07 Å². The molecule has 1 amide bonds. The molecule has 7 nitrogen and oxygen atoms in total. The number of amides is 1. The van der Waals surface area contributed by atoms with E-state index in [4.69, 9.17) is 5.26 Å². The van der Waals surface area contributed by atoms with Gasteiger partial charge in [0.15, 0.2) is 0 Å². The summed E-state index contributed by atoms with van der Waals surface area (Å²) in [6.45, 7) is 0. The molecule has 0 fully saturated rings. The fourth-order valence-electron chi connectivity index (χ4n) is 1.71. The summed E-state index contributed by atoms with van der Waals surface area (Å²) in [7, 11) is 0. The van der Waals surface area contributed by atoms with Crippen LogP contribution in [0, 0.1) is 27.3 Å². The van der Waals surface area contributed by atoms with Gasteiger partial charge in [-0.15, -0.1) is 0 Å². The average molecular weight is 312 g/mol. The molecule has 23 heavy (non-hydrogen) atoms. The lowest BCUT2D eigenvalue weighted by Gasteiger charge is -2.01. The Labute approximate surface area is 129 Å². The lowest BCUT2D eigenvalue weighted by molar-refractivity contribution is -0.384. The number of carbonyl (C=O) groups excluding carboxylic acids is 1. The molecule has 0 aliphatic carbocycles. The zero-order chi connectivity index (χ0) is 16.8. The number of nitriles is 1. The highest BCUT2D eigenvalue weighted by molar-refractivity contribution is 5.95. The highest BCUT2D eigenvalue weighted by atomic mass is 19.1. The van der Waals surface area contributed by atoms with Crippen molar-refractivity contribution in [1.29, 1.82) is 5.26 Å². The first-order valence-corrected chi connectivity index (χ1v) is 6.29. The molecule has 0 spiro atoms. The van der Waals surface area contributed by atoms with Gasteiger partial charge >= 0.3 is 0 Å². The Kier molecular flexibility index (Phi) is 4.74. The Morgan fingerprint density at radius 2 is 2.13 bits per heavy atom. The summed E-state index contributed by atoms with van der Waals surface area (Å²) in [6.07, 6.45) is 1.20. The van der Waals surface area contributed by atoms with E-state index in [-0.39, 0.29) is 16.8 Å². The summed E-state index contributed by atoms with van der Waals surface area (Å²) in [6, 6.07) is 10.8. The molecule has 0 aliphatic heterocycles. The third kappa shape index (κ3) is 3.95. The van der Waals surface area contributed by atoms with E-state index in [9.17, 15) is 19.3 Å². The number of nitrogens with zero attached hydrogens (tertiary/aromatic N) is 3. The number of hydrogen-bond donors (Lipinski definition) is 1. The minimum absolute atomic E-state index is 0.0964. The van der Waals surface area contributed by atoms with E-state index in [2.05, 4.69) is 10.5 Å². The van der Waals surface area contributed by atoms with Gasteiger partial charge in [-0.3, -0.25) is 14.9 Å². The van der Waals surface area contributed by atoms with Crippen molar-refractivity contribution in [2.24, 2.45) is 5.10 Å². The van der Waals surface area contributed by atoms with Crippen LogP contribution >= 0.6 is 0 Å². The Bertz CT molecular complexity index is 843. The number of nitro groups is 1. The molecule has 114 valence electrons. The molecule has 2 aromatic rings. The van der Waals surface area contributed by atoms with Crippen LogP contribution in [0.25, 0.3) is 0 Å². The molecular formula is C15H9FN4O3. The van der Waals surface area contributed by atoms with Gasteiger partial charge in [0.05, 0.1) is 28.3 Å². The maximum absolute atomic E-state index is 13.6. The summed E-state index contributed by atoms with van der Waals surface area (Å²) >= 11 is 0. The fourth-order valence-corrected chi connectivity index (χ4v) is 1.71. The van der Waals surface area contributed by atoms with Crippen LogP contribution in [0.15, 0.2) is 47.6 Å². The third-order valence-corrected chi connectivity index (χ3v) is 2.80. The van der Waals surface area contributed by atoms with Crippen LogP contribution in [-0.4, -0.2) is 17.0 Å². The Morgan fingerprint density at radius 1 is 1.35 bits per heavy atom. The SMILES string of the molecule is N#Cc1ccc(C(=O)N/N=C\c2cccc([N+](=O)[O-])c2)c(F)c1. The summed E-state index contributed by atoms with van der Waals surface area (Å²) in [5, 5.41) is 22.9. The normalized spacial score (nSPS) is 10.3. The highest BCUT2D eigenvalue weighted by Crippen LogP contribution is 2.12. The molecule has 0 saturated carbocycles. The molecule has 0 unspecified atom stereocenters. The number of nitrogens with one attached hydrogen (secondary N) is 1. The van der Waals surface area contributed by atoms with Crippen molar-refractivity contribution in [3.63, 3.8) is 0 Å². The molecule has 2 rings (SSSR count). The van der Waals surface area contributed by atoms with Gasteiger partial charge in [0, 0.05) is 17.7 Å². The van der Waals surface area contributed by atoms with Gasteiger partial charge in [-0.25, -0.2) is 9.82 Å². The molecule has 0 aliphatic rings. The first-order chi connectivity index (χ1) is 11.0. The van der Waals surface area contributed by atoms with Crippen LogP contribution in [0.1, 0.15) is 21.5 Å². The molecule has 0 aromatic heterocycles. The number of hydrazone groups is 1.